The first-order valence-electron chi connectivity index (χ1n) is 8.72. The maximum Gasteiger partial charge on any atom is 0.226 e. The third kappa shape index (κ3) is 3.88. The van der Waals surface area contributed by atoms with Gasteiger partial charge in [-0.1, -0.05) is 50.8 Å². The van der Waals surface area contributed by atoms with Crippen LogP contribution in [-0.2, 0) is 16.4 Å². The lowest BCUT2D eigenvalue weighted by Gasteiger charge is -2.07. The molecule has 3 aromatic rings. The number of hydrogen-bond acceptors (Lipinski definition) is 5. The molecule has 0 radical (unpaired) electrons. The number of hydrogen-bond donors (Lipinski definition) is 0. The Kier molecular flexibility index (Phi) is 5.88. The largest absolute Gasteiger partial charge is 0.315 e. The lowest BCUT2D eigenvalue weighted by atomic mass is 10.1. The van der Waals surface area contributed by atoms with Crippen LogP contribution in [0.1, 0.15) is 39.0 Å². The summed E-state index contributed by atoms with van der Waals surface area (Å²) in [5.74, 6) is 0. The van der Waals surface area contributed by atoms with Crippen LogP contribution in [0.5, 0.6) is 0 Å². The predicted octanol–water partition coefficient (Wildman–Crippen LogP) is 4.28. The Morgan fingerprint density at radius 1 is 1.04 bits per heavy atom. The summed E-state index contributed by atoms with van der Waals surface area (Å²) in [5.41, 5.74) is 0.710. The lowest BCUT2D eigenvalue weighted by molar-refractivity contribution is 0.573. The zero-order valence-corrected chi connectivity index (χ0v) is 16.2. The molecule has 0 bridgehead atoms. The van der Waals surface area contributed by atoms with Crippen LogP contribution in [0.4, 0.5) is 0 Å². The van der Waals surface area contributed by atoms with Gasteiger partial charge in [-0.3, -0.25) is 0 Å². The average Bonchev–Trinajstić information content (AvgIpc) is 3.04. The van der Waals surface area contributed by atoms with E-state index < -0.39 is 9.84 Å². The van der Waals surface area contributed by atoms with Crippen molar-refractivity contribution in [2.75, 3.05) is 0 Å². The number of benzene rings is 1. The van der Waals surface area contributed by atoms with Crippen LogP contribution >= 0.6 is 11.6 Å². The van der Waals surface area contributed by atoms with E-state index in [1.165, 1.54) is 31.4 Å². The van der Waals surface area contributed by atoms with Gasteiger partial charge in [0, 0.05) is 6.54 Å². The number of halogens is 1. The van der Waals surface area contributed by atoms with Crippen LogP contribution in [0.3, 0.4) is 0 Å². The fourth-order valence-corrected chi connectivity index (χ4v) is 4.40. The first kappa shape index (κ1) is 18.8. The molecular weight excluding hydrogens is 372 g/mol. The van der Waals surface area contributed by atoms with Gasteiger partial charge in [-0.2, -0.15) is 4.98 Å². The normalized spacial score (nSPS) is 11.9. The van der Waals surface area contributed by atoms with Gasteiger partial charge in [0.1, 0.15) is 5.52 Å². The molecule has 0 saturated heterocycles. The summed E-state index contributed by atoms with van der Waals surface area (Å²) in [5, 5.41) is -0.247. The maximum absolute atomic E-state index is 12.9. The third-order valence-electron chi connectivity index (χ3n) is 4.22. The molecule has 138 valence electrons. The topological polar surface area (TPSA) is 77.7 Å². The molecule has 2 aromatic heterocycles. The Balaban J connectivity index is 1.95. The Labute approximate surface area is 158 Å². The highest BCUT2D eigenvalue weighted by Gasteiger charge is 2.25. The number of nitrogens with zero attached hydrogens (tertiary/aromatic N) is 4. The third-order valence-corrected chi connectivity index (χ3v) is 6.07. The summed E-state index contributed by atoms with van der Waals surface area (Å²) >= 11 is 6.02. The molecule has 0 aliphatic heterocycles. The van der Waals surface area contributed by atoms with Gasteiger partial charge in [0.2, 0.25) is 15.1 Å². The van der Waals surface area contributed by atoms with E-state index in [0.717, 1.165) is 19.4 Å². The molecular formula is C18H21ClN4O2S. The van der Waals surface area contributed by atoms with E-state index in [1.54, 1.807) is 24.5 Å². The highest BCUT2D eigenvalue weighted by atomic mass is 35.5. The molecule has 2 heterocycles. The Morgan fingerprint density at radius 2 is 1.77 bits per heavy atom. The van der Waals surface area contributed by atoms with Crippen molar-refractivity contribution in [3.63, 3.8) is 0 Å². The molecule has 0 N–H and O–H groups in total. The van der Waals surface area contributed by atoms with E-state index in [1.807, 2.05) is 4.57 Å². The molecule has 0 aliphatic rings. The summed E-state index contributed by atoms with van der Waals surface area (Å²) in [7, 11) is -3.82. The molecule has 8 heteroatoms. The van der Waals surface area contributed by atoms with Crippen molar-refractivity contribution in [1.82, 2.24) is 19.5 Å². The molecule has 0 fully saturated rings. The Bertz CT molecular complexity index is 987. The summed E-state index contributed by atoms with van der Waals surface area (Å²) < 4.78 is 27.7. The van der Waals surface area contributed by atoms with Gasteiger partial charge < -0.3 is 4.57 Å². The van der Waals surface area contributed by atoms with E-state index in [9.17, 15) is 8.42 Å². The standard InChI is InChI=1S/C18H21ClN4O2S/c1-2-3-4-5-9-12-23-13-20-15-16(23)21-18(19)22-17(15)26(24,25)14-10-7-6-8-11-14/h6-8,10-11,13H,2-5,9,12H2,1H3. The zero-order chi connectivity index (χ0) is 18.6. The van der Waals surface area contributed by atoms with Gasteiger partial charge in [0.05, 0.1) is 11.2 Å². The minimum Gasteiger partial charge on any atom is -0.315 e. The molecule has 0 aliphatic carbocycles. The van der Waals surface area contributed by atoms with Crippen molar-refractivity contribution in [3.8, 4) is 0 Å². The summed E-state index contributed by atoms with van der Waals surface area (Å²) in [6.07, 6.45) is 7.30. The SMILES string of the molecule is CCCCCCCn1cnc2c(S(=O)(=O)c3ccccc3)nc(Cl)nc21. The van der Waals surface area contributed by atoms with Crippen molar-refractivity contribution in [2.45, 2.75) is 55.5 Å². The number of sulfone groups is 1. The smallest absolute Gasteiger partial charge is 0.226 e. The lowest BCUT2D eigenvalue weighted by Crippen LogP contribution is -2.07. The van der Waals surface area contributed by atoms with Crippen molar-refractivity contribution >= 4 is 32.6 Å². The van der Waals surface area contributed by atoms with Crippen LogP contribution in [-0.4, -0.2) is 27.9 Å². The minimum atomic E-state index is -3.82. The average molecular weight is 393 g/mol. The highest BCUT2D eigenvalue weighted by Crippen LogP contribution is 2.26. The van der Waals surface area contributed by atoms with Crippen LogP contribution < -0.4 is 0 Å². The van der Waals surface area contributed by atoms with Crippen LogP contribution in [0.25, 0.3) is 11.2 Å². The number of fused-ring (bicyclic) bond motifs is 1. The van der Waals surface area contributed by atoms with E-state index >= 15 is 0 Å². The minimum absolute atomic E-state index is 0.0975. The number of imidazole rings is 1. The fraction of sp³-hybridized carbons (Fsp3) is 0.389. The predicted molar refractivity (Wildman–Crippen MR) is 101 cm³/mol. The van der Waals surface area contributed by atoms with Crippen molar-refractivity contribution in [1.29, 1.82) is 0 Å². The van der Waals surface area contributed by atoms with Crippen LogP contribution in [0.2, 0.25) is 5.28 Å². The van der Waals surface area contributed by atoms with Crippen molar-refractivity contribution < 1.29 is 8.42 Å². The molecule has 0 saturated carbocycles. The van der Waals surface area contributed by atoms with Gasteiger partial charge >= 0.3 is 0 Å². The Morgan fingerprint density at radius 3 is 2.50 bits per heavy atom. The van der Waals surface area contributed by atoms with Crippen molar-refractivity contribution in [3.05, 3.63) is 41.9 Å². The van der Waals surface area contributed by atoms with Gasteiger partial charge in [-0.15, -0.1) is 0 Å². The second-order valence-electron chi connectivity index (χ2n) is 6.14. The molecule has 6 nitrogen and oxygen atoms in total. The molecule has 0 spiro atoms. The summed E-state index contributed by atoms with van der Waals surface area (Å²) in [6, 6.07) is 8.15. The molecule has 3 rings (SSSR count). The number of aromatic nitrogens is 4. The van der Waals surface area contributed by atoms with Gasteiger partial charge in [0.15, 0.2) is 10.7 Å². The van der Waals surface area contributed by atoms with E-state index in [0.29, 0.717) is 5.65 Å². The number of unbranched alkanes of at least 4 members (excludes halogenated alkanes) is 4. The second kappa shape index (κ2) is 8.14. The molecule has 1 aromatic carbocycles. The molecule has 26 heavy (non-hydrogen) atoms. The van der Waals surface area contributed by atoms with Gasteiger partial charge in [-0.05, 0) is 30.2 Å². The first-order valence-corrected chi connectivity index (χ1v) is 10.6. The van der Waals surface area contributed by atoms with E-state index in [2.05, 4.69) is 21.9 Å². The number of aryl methyl sites for hydroxylation is 1. The van der Waals surface area contributed by atoms with Crippen LogP contribution in [0.15, 0.2) is 46.6 Å². The van der Waals surface area contributed by atoms with E-state index in [4.69, 9.17) is 11.6 Å². The summed E-state index contributed by atoms with van der Waals surface area (Å²) in [4.78, 5) is 12.6. The first-order chi connectivity index (χ1) is 12.5. The van der Waals surface area contributed by atoms with Crippen LogP contribution in [0, 0.1) is 0 Å². The fourth-order valence-electron chi connectivity index (χ4n) is 2.84. The van der Waals surface area contributed by atoms with Gasteiger partial charge in [0.25, 0.3) is 0 Å². The quantitative estimate of drug-likeness (QED) is 0.324. The Hall–Kier alpha value is -1.99. The highest BCUT2D eigenvalue weighted by molar-refractivity contribution is 7.91. The molecule has 0 atom stereocenters. The van der Waals surface area contributed by atoms with E-state index in [-0.39, 0.29) is 20.7 Å². The monoisotopic (exact) mass is 392 g/mol. The van der Waals surface area contributed by atoms with Gasteiger partial charge in [-0.25, -0.2) is 18.4 Å². The molecule has 0 amide bonds. The summed E-state index contributed by atoms with van der Waals surface area (Å²) in [6.45, 7) is 2.90. The number of rotatable bonds is 8. The maximum atomic E-state index is 12.9. The molecule has 0 unspecified atom stereocenters. The zero-order valence-electron chi connectivity index (χ0n) is 14.6. The van der Waals surface area contributed by atoms with Crippen molar-refractivity contribution in [2.24, 2.45) is 0 Å². The second-order valence-corrected chi connectivity index (χ2v) is 8.34.